The molecule has 7 rings (SSSR count). The lowest BCUT2D eigenvalue weighted by molar-refractivity contribution is 0.240. The molecule has 1 fully saturated rings. The molecule has 47 heavy (non-hydrogen) atoms. The van der Waals surface area contributed by atoms with Crippen molar-refractivity contribution in [1.29, 1.82) is 5.26 Å². The summed E-state index contributed by atoms with van der Waals surface area (Å²) >= 11 is 0. The number of aryl methyl sites for hydroxylation is 1. The Morgan fingerprint density at radius 3 is 2.53 bits per heavy atom. The molecule has 3 aromatic heterocycles. The molecule has 13 nitrogen and oxygen atoms in total. The molecule has 238 valence electrons. The normalized spacial score (nSPS) is 17.4. The third-order valence-electron chi connectivity index (χ3n) is 8.88. The maximum Gasteiger partial charge on any atom is 0.322 e. The molecule has 1 aliphatic heterocycles. The van der Waals surface area contributed by atoms with Crippen molar-refractivity contribution in [2.45, 2.75) is 57.4 Å². The van der Waals surface area contributed by atoms with E-state index in [-0.39, 0.29) is 18.1 Å². The standard InChI is InChI=1S/C34H36N12O/c1-43-21-27(20-39-43)25-7-11-29(12-8-25)46(34(47)37-18-24-5-3-2-4-6-24)30-13-9-28(10-14-30)41-33-36-19-26(17-35)32(42-33)44-15-16-45-31(22-44)38-23-40-45/h2-8,11-12,19-21,23,28,30H,9-10,13-16,18,22H2,1H3,(H,37,47)(H,36,41,42). The van der Waals surface area contributed by atoms with Gasteiger partial charge in [0.05, 0.1) is 25.5 Å². The van der Waals surface area contributed by atoms with E-state index in [0.717, 1.165) is 53.9 Å². The molecule has 0 atom stereocenters. The fraction of sp³-hybridized carbons (Fsp3) is 0.324. The first kappa shape index (κ1) is 29.9. The number of fused-ring (bicyclic) bond motifs is 1. The summed E-state index contributed by atoms with van der Waals surface area (Å²) in [6.45, 7) is 2.34. The molecular formula is C34H36N12O. The largest absolute Gasteiger partial charge is 0.351 e. The van der Waals surface area contributed by atoms with Crippen LogP contribution in [0.2, 0.25) is 0 Å². The number of amides is 2. The number of benzene rings is 2. The highest BCUT2D eigenvalue weighted by Crippen LogP contribution is 2.31. The summed E-state index contributed by atoms with van der Waals surface area (Å²) in [5.74, 6) is 1.94. The van der Waals surface area contributed by atoms with Gasteiger partial charge in [-0.3, -0.25) is 9.58 Å². The Hall–Kier alpha value is -5.77. The lowest BCUT2D eigenvalue weighted by atomic mass is 9.90. The lowest BCUT2D eigenvalue weighted by Crippen LogP contribution is -2.48. The Bertz CT molecular complexity index is 1870. The van der Waals surface area contributed by atoms with Crippen LogP contribution in [0, 0.1) is 11.3 Å². The van der Waals surface area contributed by atoms with Crippen molar-refractivity contribution in [1.82, 2.24) is 39.8 Å². The second kappa shape index (κ2) is 13.3. The molecule has 1 saturated carbocycles. The van der Waals surface area contributed by atoms with Gasteiger partial charge >= 0.3 is 6.03 Å². The summed E-state index contributed by atoms with van der Waals surface area (Å²) in [4.78, 5) is 31.3. The van der Waals surface area contributed by atoms with E-state index >= 15 is 0 Å². The maximum atomic E-state index is 13.8. The molecular weight excluding hydrogens is 592 g/mol. The fourth-order valence-corrected chi connectivity index (χ4v) is 6.40. The van der Waals surface area contributed by atoms with E-state index in [1.165, 1.54) is 0 Å². The minimum absolute atomic E-state index is 0.0243. The summed E-state index contributed by atoms with van der Waals surface area (Å²) in [6, 6.07) is 20.4. The Labute approximate surface area is 272 Å². The number of hydrogen-bond donors (Lipinski definition) is 2. The summed E-state index contributed by atoms with van der Waals surface area (Å²) in [6.07, 6.45) is 10.3. The topological polar surface area (TPSA) is 146 Å². The highest BCUT2D eigenvalue weighted by atomic mass is 16.2. The number of hydrogen-bond acceptors (Lipinski definition) is 9. The molecule has 13 heteroatoms. The third-order valence-corrected chi connectivity index (χ3v) is 8.88. The quantitative estimate of drug-likeness (QED) is 0.254. The van der Waals surface area contributed by atoms with Gasteiger partial charge in [-0.15, -0.1) is 0 Å². The molecule has 0 bridgehead atoms. The predicted octanol–water partition coefficient (Wildman–Crippen LogP) is 4.50. The van der Waals surface area contributed by atoms with Crippen LogP contribution in [-0.2, 0) is 26.7 Å². The first-order chi connectivity index (χ1) is 23.0. The SMILES string of the molecule is Cn1cc(-c2ccc(N(C(=O)NCc3ccccc3)C3CCC(Nc4ncc(C#N)c(N5CCn6ncnc6C5)n4)CC3)cc2)cn1. The van der Waals surface area contributed by atoms with Crippen molar-refractivity contribution >= 4 is 23.5 Å². The van der Waals surface area contributed by atoms with Gasteiger partial charge in [-0.1, -0.05) is 42.5 Å². The number of carbonyl (C=O) groups is 1. The van der Waals surface area contributed by atoms with Gasteiger partial charge in [0.2, 0.25) is 5.95 Å². The molecule has 2 aromatic carbocycles. The fourth-order valence-electron chi connectivity index (χ4n) is 6.40. The highest BCUT2D eigenvalue weighted by molar-refractivity contribution is 5.93. The van der Waals surface area contributed by atoms with E-state index in [1.54, 1.807) is 17.2 Å². The van der Waals surface area contributed by atoms with Crippen molar-refractivity contribution in [2.75, 3.05) is 21.7 Å². The van der Waals surface area contributed by atoms with Gasteiger partial charge in [0.15, 0.2) is 5.82 Å². The van der Waals surface area contributed by atoms with Gasteiger partial charge in [0, 0.05) is 49.7 Å². The number of nitrogens with zero attached hydrogens (tertiary/aromatic N) is 10. The minimum Gasteiger partial charge on any atom is -0.351 e. The molecule has 1 aliphatic carbocycles. The number of aromatic nitrogens is 7. The number of nitrogens with one attached hydrogen (secondary N) is 2. The molecule has 4 heterocycles. The Morgan fingerprint density at radius 2 is 1.79 bits per heavy atom. The van der Waals surface area contributed by atoms with Crippen LogP contribution in [0.25, 0.3) is 11.1 Å². The van der Waals surface area contributed by atoms with Gasteiger partial charge in [-0.25, -0.2) is 19.4 Å². The Balaban J connectivity index is 1.04. The van der Waals surface area contributed by atoms with Crippen molar-refractivity contribution in [3.8, 4) is 17.2 Å². The van der Waals surface area contributed by atoms with Gasteiger partial charge in [-0.05, 0) is 48.9 Å². The molecule has 0 unspecified atom stereocenters. The van der Waals surface area contributed by atoms with E-state index in [4.69, 9.17) is 4.98 Å². The number of rotatable bonds is 8. The average Bonchev–Trinajstić information content (AvgIpc) is 3.77. The van der Waals surface area contributed by atoms with E-state index in [1.807, 2.05) is 83.6 Å². The summed E-state index contributed by atoms with van der Waals surface area (Å²) < 4.78 is 3.66. The number of carbonyl (C=O) groups excluding carboxylic acids is 1. The number of anilines is 3. The summed E-state index contributed by atoms with van der Waals surface area (Å²) in [5, 5.41) is 25.0. The molecule has 5 aromatic rings. The zero-order valence-corrected chi connectivity index (χ0v) is 26.2. The number of nitriles is 1. The number of urea groups is 1. The lowest BCUT2D eigenvalue weighted by Gasteiger charge is -2.37. The smallest absolute Gasteiger partial charge is 0.322 e. The molecule has 0 saturated heterocycles. The second-order valence-corrected chi connectivity index (χ2v) is 12.0. The maximum absolute atomic E-state index is 13.8. The molecule has 2 aliphatic rings. The zero-order chi connectivity index (χ0) is 32.2. The van der Waals surface area contributed by atoms with E-state index < -0.39 is 0 Å². The van der Waals surface area contributed by atoms with Crippen LogP contribution in [0.4, 0.5) is 22.2 Å². The Kier molecular flexibility index (Phi) is 8.46. The highest BCUT2D eigenvalue weighted by Gasteiger charge is 2.31. The molecule has 0 radical (unpaired) electrons. The van der Waals surface area contributed by atoms with Crippen molar-refractivity contribution in [2.24, 2.45) is 7.05 Å². The average molecular weight is 629 g/mol. The van der Waals surface area contributed by atoms with Crippen LogP contribution in [-0.4, -0.2) is 59.2 Å². The zero-order valence-electron chi connectivity index (χ0n) is 26.2. The second-order valence-electron chi connectivity index (χ2n) is 12.0. The summed E-state index contributed by atoms with van der Waals surface area (Å²) in [7, 11) is 1.90. The van der Waals surface area contributed by atoms with Crippen LogP contribution in [0.1, 0.15) is 42.6 Å². The first-order valence-corrected chi connectivity index (χ1v) is 15.9. The van der Waals surface area contributed by atoms with Crippen molar-refractivity contribution < 1.29 is 4.79 Å². The van der Waals surface area contributed by atoms with Crippen LogP contribution in [0.5, 0.6) is 0 Å². The third kappa shape index (κ3) is 6.62. The monoisotopic (exact) mass is 628 g/mol. The van der Waals surface area contributed by atoms with Gasteiger partial charge in [0.25, 0.3) is 0 Å². The Morgan fingerprint density at radius 1 is 0.979 bits per heavy atom. The molecule has 2 N–H and O–H groups in total. The first-order valence-electron chi connectivity index (χ1n) is 15.9. The van der Waals surface area contributed by atoms with E-state index in [9.17, 15) is 10.1 Å². The molecule has 0 spiro atoms. The van der Waals surface area contributed by atoms with Crippen LogP contribution in [0.15, 0.2) is 79.5 Å². The van der Waals surface area contributed by atoms with Crippen LogP contribution < -0.4 is 20.4 Å². The minimum atomic E-state index is -0.114. The molecule has 2 amide bonds. The van der Waals surface area contributed by atoms with Gasteiger partial charge in [0.1, 0.15) is 23.8 Å². The van der Waals surface area contributed by atoms with Gasteiger partial charge in [-0.2, -0.15) is 20.4 Å². The summed E-state index contributed by atoms with van der Waals surface area (Å²) in [5.41, 5.74) is 4.42. The van der Waals surface area contributed by atoms with Gasteiger partial charge < -0.3 is 15.5 Å². The van der Waals surface area contributed by atoms with Crippen molar-refractivity contribution in [3.05, 3.63) is 96.5 Å². The van der Waals surface area contributed by atoms with E-state index in [2.05, 4.69) is 41.8 Å². The van der Waals surface area contributed by atoms with Crippen LogP contribution in [0.3, 0.4) is 0 Å². The van der Waals surface area contributed by atoms with E-state index in [0.29, 0.717) is 43.5 Å². The van der Waals surface area contributed by atoms with Crippen molar-refractivity contribution in [3.63, 3.8) is 0 Å². The van der Waals surface area contributed by atoms with Crippen LogP contribution >= 0.6 is 0 Å². The predicted molar refractivity (Wildman–Crippen MR) is 177 cm³/mol.